The standard InChI is InChI=1S/C49H58N4O6/c1-9-34-31(6)39-25-45-49(46(55)18-12-17-30(5)16-11-15-29(4)14-10-13-28(2)3)33(8)40(52-45)24-44-37(27-54)36(20-22-48(58)59)43(53-44)26-42-35(19-21-47(56)57)32(7)38(51-42)23-41(34)50-39/h9,13,15,17,23-27,46,50,54-55H,1,10-12,14,16,18-22H2,2-8H3,(H,56,57)(H,58,59)/b29-15+,30-17+,37-27+,39-25?,40-24?,41-23?,42-26?. The Hall–Kier alpha value is -5.87. The largest absolute Gasteiger partial charge is 0.515 e. The molecule has 0 amide bonds. The molecule has 0 aromatic carbocycles. The molecule has 4 aliphatic heterocycles. The summed E-state index contributed by atoms with van der Waals surface area (Å²) in [5, 5.41) is 43.2. The van der Waals surface area contributed by atoms with Crippen LogP contribution < -0.4 is 10.7 Å². The van der Waals surface area contributed by atoms with E-state index in [9.17, 15) is 30.0 Å². The molecule has 5 N–H and O–H groups in total. The molecular formula is C49H58N4O6. The first kappa shape index (κ1) is 44.2. The first-order chi connectivity index (χ1) is 28.1. The number of aromatic nitrogens is 1. The fourth-order valence-corrected chi connectivity index (χ4v) is 7.81. The van der Waals surface area contributed by atoms with E-state index >= 15 is 0 Å². The van der Waals surface area contributed by atoms with E-state index in [2.05, 4.69) is 57.5 Å². The number of carbonyl (C=O) groups is 2. The number of carboxylic acid groups (broad SMARTS) is 2. The number of hydrogen-bond donors (Lipinski definition) is 5. The summed E-state index contributed by atoms with van der Waals surface area (Å²) in [5.74, 6) is -1.94. The molecule has 8 bridgehead atoms. The number of nitrogens with zero attached hydrogens (tertiary/aromatic N) is 3. The summed E-state index contributed by atoms with van der Waals surface area (Å²) in [6.45, 7) is 18.5. The van der Waals surface area contributed by atoms with Crippen molar-refractivity contribution in [2.45, 2.75) is 119 Å². The van der Waals surface area contributed by atoms with Gasteiger partial charge in [-0.15, -0.1) is 0 Å². The van der Waals surface area contributed by atoms with Gasteiger partial charge in [0.15, 0.2) is 0 Å². The number of aliphatic hydroxyl groups is 2. The van der Waals surface area contributed by atoms with Crippen molar-refractivity contribution in [3.05, 3.63) is 132 Å². The van der Waals surface area contributed by atoms with Crippen LogP contribution in [0.1, 0.15) is 117 Å². The number of aliphatic hydroxyl groups excluding tert-OH is 2. The normalized spacial score (nSPS) is 18.0. The lowest BCUT2D eigenvalue weighted by atomic mass is 9.94. The van der Waals surface area contributed by atoms with Gasteiger partial charge in [-0.25, -0.2) is 15.0 Å². The third-order valence-corrected chi connectivity index (χ3v) is 11.2. The van der Waals surface area contributed by atoms with Crippen LogP contribution in [0, 0.1) is 6.92 Å². The molecule has 59 heavy (non-hydrogen) atoms. The van der Waals surface area contributed by atoms with Crippen LogP contribution in [0.15, 0.2) is 125 Å². The molecule has 1 aromatic heterocycles. The number of fused-ring (bicyclic) bond motifs is 5. The second kappa shape index (κ2) is 19.7. The fourth-order valence-electron chi connectivity index (χ4n) is 7.81. The van der Waals surface area contributed by atoms with Gasteiger partial charge in [0.25, 0.3) is 0 Å². The SMILES string of the molecule is C=Cc1c(C)c2[nH]c1=CC1=NC(=CC3=C(CCC(=O)O)/C(=C\O)C(=N3)C=C3N=C(C=2)C(C(O)CC/C=C(\C)CC/C=C(\C)CCC=C(C)C)=C3C)C(CCC(=O)O)=C1C. The number of allylic oxidation sites excluding steroid dienone is 13. The van der Waals surface area contributed by atoms with E-state index in [1.54, 1.807) is 18.2 Å². The molecule has 0 aliphatic carbocycles. The maximum absolute atomic E-state index is 11.9. The maximum Gasteiger partial charge on any atom is 0.303 e. The lowest BCUT2D eigenvalue weighted by Crippen LogP contribution is -2.20. The molecule has 0 saturated heterocycles. The molecule has 0 fully saturated rings. The average molecular weight is 799 g/mol. The molecule has 5 heterocycles. The van der Waals surface area contributed by atoms with Gasteiger partial charge in [0.2, 0.25) is 0 Å². The lowest BCUT2D eigenvalue weighted by molar-refractivity contribution is -0.137. The molecule has 5 rings (SSSR count). The highest BCUT2D eigenvalue weighted by Gasteiger charge is 2.30. The lowest BCUT2D eigenvalue weighted by Gasteiger charge is -2.13. The molecule has 4 aliphatic rings. The van der Waals surface area contributed by atoms with Gasteiger partial charge >= 0.3 is 11.9 Å². The summed E-state index contributed by atoms with van der Waals surface area (Å²) >= 11 is 0. The third-order valence-electron chi connectivity index (χ3n) is 11.2. The predicted octanol–water partition coefficient (Wildman–Crippen LogP) is 9.29. The van der Waals surface area contributed by atoms with Crippen LogP contribution in [0.5, 0.6) is 0 Å². The van der Waals surface area contributed by atoms with Gasteiger partial charge in [0, 0.05) is 40.2 Å². The van der Waals surface area contributed by atoms with Gasteiger partial charge in [0.05, 0.1) is 46.6 Å². The topological polar surface area (TPSA) is 168 Å². The van der Waals surface area contributed by atoms with Gasteiger partial charge < -0.3 is 25.4 Å². The van der Waals surface area contributed by atoms with Crippen LogP contribution >= 0.6 is 0 Å². The monoisotopic (exact) mass is 798 g/mol. The Bertz CT molecular complexity index is 2440. The van der Waals surface area contributed by atoms with Crippen molar-refractivity contribution in [1.29, 1.82) is 0 Å². The predicted molar refractivity (Wildman–Crippen MR) is 240 cm³/mol. The van der Waals surface area contributed by atoms with E-state index in [-0.39, 0.29) is 25.7 Å². The number of aromatic amines is 1. The molecule has 1 aromatic rings. The Morgan fingerprint density at radius 3 is 1.97 bits per heavy atom. The summed E-state index contributed by atoms with van der Waals surface area (Å²) in [4.78, 5) is 41.9. The molecule has 0 radical (unpaired) electrons. The summed E-state index contributed by atoms with van der Waals surface area (Å²) in [6, 6.07) is 0. The number of rotatable bonds is 17. The molecule has 0 saturated carbocycles. The van der Waals surface area contributed by atoms with Crippen LogP contribution in [-0.4, -0.2) is 60.6 Å². The quantitative estimate of drug-likeness (QED) is 0.0778. The Kier molecular flexibility index (Phi) is 14.8. The number of aliphatic imine (C=N–C) groups is 3. The summed E-state index contributed by atoms with van der Waals surface area (Å²) in [6.07, 6.45) is 21.3. The summed E-state index contributed by atoms with van der Waals surface area (Å²) < 4.78 is 0. The van der Waals surface area contributed by atoms with Gasteiger partial charge in [-0.1, -0.05) is 47.6 Å². The van der Waals surface area contributed by atoms with Gasteiger partial charge in [-0.2, -0.15) is 0 Å². The van der Waals surface area contributed by atoms with Crippen molar-refractivity contribution in [2.75, 3.05) is 0 Å². The Balaban J connectivity index is 1.58. The Morgan fingerprint density at radius 1 is 0.729 bits per heavy atom. The van der Waals surface area contributed by atoms with E-state index in [0.29, 0.717) is 63.8 Å². The number of hydrogen-bond acceptors (Lipinski definition) is 7. The van der Waals surface area contributed by atoms with Crippen molar-refractivity contribution < 1.29 is 30.0 Å². The van der Waals surface area contributed by atoms with Crippen molar-refractivity contribution in [3.8, 4) is 0 Å². The minimum atomic E-state index is -1.00. The Labute approximate surface area is 347 Å². The molecule has 310 valence electrons. The highest BCUT2D eigenvalue weighted by atomic mass is 16.4. The number of carboxylic acids is 2. The second-order valence-electron chi connectivity index (χ2n) is 15.9. The molecular weight excluding hydrogens is 741 g/mol. The first-order valence-electron chi connectivity index (χ1n) is 20.4. The average Bonchev–Trinajstić information content (AvgIpc) is 3.85. The molecule has 10 nitrogen and oxygen atoms in total. The van der Waals surface area contributed by atoms with E-state index in [1.165, 1.54) is 16.7 Å². The molecule has 0 spiro atoms. The van der Waals surface area contributed by atoms with Crippen molar-refractivity contribution in [3.63, 3.8) is 0 Å². The fraction of sp³-hybridized carbons (Fsp3) is 0.367. The minimum Gasteiger partial charge on any atom is -0.515 e. The van der Waals surface area contributed by atoms with Crippen LogP contribution in [0.2, 0.25) is 0 Å². The summed E-state index contributed by atoms with van der Waals surface area (Å²) in [5.41, 5.74) is 12.8. The molecule has 10 heteroatoms. The van der Waals surface area contributed by atoms with Crippen molar-refractivity contribution >= 4 is 47.3 Å². The van der Waals surface area contributed by atoms with Gasteiger partial charge in [-0.05, 0) is 152 Å². The van der Waals surface area contributed by atoms with Crippen LogP contribution in [0.4, 0.5) is 0 Å². The zero-order chi connectivity index (χ0) is 43.0. The van der Waals surface area contributed by atoms with Gasteiger partial charge in [-0.3, -0.25) is 9.59 Å². The van der Waals surface area contributed by atoms with Crippen molar-refractivity contribution in [2.24, 2.45) is 15.0 Å². The van der Waals surface area contributed by atoms with E-state index in [4.69, 9.17) is 15.0 Å². The smallest absolute Gasteiger partial charge is 0.303 e. The highest BCUT2D eigenvalue weighted by Crippen LogP contribution is 2.37. The van der Waals surface area contributed by atoms with E-state index in [0.717, 1.165) is 70.5 Å². The highest BCUT2D eigenvalue weighted by molar-refractivity contribution is 6.25. The van der Waals surface area contributed by atoms with E-state index < -0.39 is 18.0 Å². The first-order valence-corrected chi connectivity index (χ1v) is 20.4. The summed E-state index contributed by atoms with van der Waals surface area (Å²) in [7, 11) is 0. The van der Waals surface area contributed by atoms with Crippen LogP contribution in [-0.2, 0) is 9.59 Å². The number of nitrogens with one attached hydrogen (secondary N) is 1. The Morgan fingerprint density at radius 2 is 1.34 bits per heavy atom. The number of H-pyrrole nitrogens is 1. The number of aliphatic carboxylic acids is 2. The zero-order valence-corrected chi connectivity index (χ0v) is 35.5. The second-order valence-corrected chi connectivity index (χ2v) is 15.9. The van der Waals surface area contributed by atoms with Crippen molar-refractivity contribution in [1.82, 2.24) is 4.98 Å². The van der Waals surface area contributed by atoms with Gasteiger partial charge in [0.1, 0.15) is 0 Å². The zero-order valence-electron chi connectivity index (χ0n) is 35.5. The van der Waals surface area contributed by atoms with Crippen LogP contribution in [0.3, 0.4) is 0 Å². The van der Waals surface area contributed by atoms with E-state index in [1.807, 2.05) is 32.9 Å². The van der Waals surface area contributed by atoms with Crippen LogP contribution in [0.25, 0.3) is 18.2 Å². The third kappa shape index (κ3) is 10.8. The minimum absolute atomic E-state index is 0.0833. The molecule has 1 atom stereocenters. The molecule has 1 unspecified atom stereocenters. The maximum atomic E-state index is 11.9.